The SMILES string of the molecule is Cc1ccc(/C=C/C(=O)OC(C)C(=O)Nc2ccc(Oc3ccccc3)cc2)cc1. The van der Waals surface area contributed by atoms with Crippen molar-refractivity contribution >= 4 is 23.6 Å². The highest BCUT2D eigenvalue weighted by Crippen LogP contribution is 2.22. The molecule has 0 heterocycles. The summed E-state index contributed by atoms with van der Waals surface area (Å²) in [7, 11) is 0. The maximum Gasteiger partial charge on any atom is 0.331 e. The van der Waals surface area contributed by atoms with Gasteiger partial charge in [-0.25, -0.2) is 4.79 Å². The average molecular weight is 401 g/mol. The molecule has 0 bridgehead atoms. The zero-order valence-electron chi connectivity index (χ0n) is 16.9. The predicted molar refractivity (Wildman–Crippen MR) is 117 cm³/mol. The summed E-state index contributed by atoms with van der Waals surface area (Å²) in [6, 6.07) is 24.1. The van der Waals surface area contributed by atoms with Gasteiger partial charge in [0.05, 0.1) is 0 Å². The van der Waals surface area contributed by atoms with E-state index in [0.29, 0.717) is 11.4 Å². The molecule has 0 fully saturated rings. The molecule has 3 rings (SSSR count). The van der Waals surface area contributed by atoms with Crippen molar-refractivity contribution in [2.75, 3.05) is 5.32 Å². The lowest BCUT2D eigenvalue weighted by Crippen LogP contribution is -2.29. The molecule has 0 aliphatic carbocycles. The third-order valence-electron chi connectivity index (χ3n) is 4.25. The molecule has 0 spiro atoms. The van der Waals surface area contributed by atoms with Crippen molar-refractivity contribution < 1.29 is 19.1 Å². The Balaban J connectivity index is 1.49. The van der Waals surface area contributed by atoms with E-state index >= 15 is 0 Å². The monoisotopic (exact) mass is 401 g/mol. The van der Waals surface area contributed by atoms with E-state index in [0.717, 1.165) is 16.9 Å². The van der Waals surface area contributed by atoms with Gasteiger partial charge in [0, 0.05) is 11.8 Å². The van der Waals surface area contributed by atoms with E-state index in [2.05, 4.69) is 5.32 Å². The molecule has 0 radical (unpaired) electrons. The average Bonchev–Trinajstić information content (AvgIpc) is 2.75. The summed E-state index contributed by atoms with van der Waals surface area (Å²) >= 11 is 0. The first-order chi connectivity index (χ1) is 14.5. The molecule has 0 aliphatic heterocycles. The van der Waals surface area contributed by atoms with Crippen LogP contribution in [0.4, 0.5) is 5.69 Å². The normalized spacial score (nSPS) is 11.7. The van der Waals surface area contributed by atoms with Gasteiger partial charge in [-0.3, -0.25) is 4.79 Å². The summed E-state index contributed by atoms with van der Waals surface area (Å²) in [5, 5.41) is 2.72. The molecule has 3 aromatic rings. The van der Waals surface area contributed by atoms with Crippen molar-refractivity contribution in [1.29, 1.82) is 0 Å². The van der Waals surface area contributed by atoms with Crippen molar-refractivity contribution in [2.24, 2.45) is 0 Å². The van der Waals surface area contributed by atoms with Crippen LogP contribution in [0.1, 0.15) is 18.1 Å². The molecule has 152 valence electrons. The van der Waals surface area contributed by atoms with E-state index in [-0.39, 0.29) is 0 Å². The molecular formula is C25H23NO4. The van der Waals surface area contributed by atoms with E-state index < -0.39 is 18.0 Å². The van der Waals surface area contributed by atoms with Gasteiger partial charge >= 0.3 is 5.97 Å². The second-order valence-corrected chi connectivity index (χ2v) is 6.75. The molecule has 1 atom stereocenters. The van der Waals surface area contributed by atoms with Crippen LogP contribution in [-0.4, -0.2) is 18.0 Å². The van der Waals surface area contributed by atoms with E-state index in [1.807, 2.05) is 61.5 Å². The molecule has 5 heteroatoms. The number of hydrogen-bond donors (Lipinski definition) is 1. The van der Waals surface area contributed by atoms with Crippen LogP contribution in [0, 0.1) is 6.92 Å². The molecule has 0 saturated carbocycles. The first kappa shape index (κ1) is 20.9. The van der Waals surface area contributed by atoms with Crippen molar-refractivity contribution in [3.63, 3.8) is 0 Å². The molecule has 1 amide bonds. The largest absolute Gasteiger partial charge is 0.457 e. The molecule has 0 aliphatic rings. The number of aryl methyl sites for hydroxylation is 1. The molecule has 5 nitrogen and oxygen atoms in total. The Kier molecular flexibility index (Phi) is 7.00. The third kappa shape index (κ3) is 6.34. The summed E-state index contributed by atoms with van der Waals surface area (Å²) in [6.45, 7) is 3.52. The number of rotatable bonds is 7. The number of carbonyl (C=O) groups excluding carboxylic acids is 2. The summed E-state index contributed by atoms with van der Waals surface area (Å²) in [4.78, 5) is 24.3. The van der Waals surface area contributed by atoms with Crippen LogP contribution < -0.4 is 10.1 Å². The van der Waals surface area contributed by atoms with Crippen LogP contribution in [0.5, 0.6) is 11.5 Å². The zero-order chi connectivity index (χ0) is 21.3. The fourth-order valence-electron chi connectivity index (χ4n) is 2.58. The quantitative estimate of drug-likeness (QED) is 0.427. The molecule has 1 N–H and O–H groups in total. The standard InChI is InChI=1S/C25H23NO4/c1-18-8-10-20(11-9-18)12-17-24(27)29-19(2)25(28)26-21-13-15-23(16-14-21)30-22-6-4-3-5-7-22/h3-17,19H,1-2H3,(H,26,28)/b17-12+. The number of para-hydroxylation sites is 1. The lowest BCUT2D eigenvalue weighted by Gasteiger charge is -2.13. The van der Waals surface area contributed by atoms with Crippen molar-refractivity contribution in [1.82, 2.24) is 0 Å². The summed E-state index contributed by atoms with van der Waals surface area (Å²) in [5.74, 6) is 0.391. The van der Waals surface area contributed by atoms with Gasteiger partial charge in [0.1, 0.15) is 11.5 Å². The van der Waals surface area contributed by atoms with E-state index in [4.69, 9.17) is 9.47 Å². The number of anilines is 1. The number of hydrogen-bond acceptors (Lipinski definition) is 4. The summed E-state index contributed by atoms with van der Waals surface area (Å²) in [5.41, 5.74) is 2.60. The highest BCUT2D eigenvalue weighted by molar-refractivity contribution is 5.96. The van der Waals surface area contributed by atoms with Crippen molar-refractivity contribution in [3.8, 4) is 11.5 Å². The highest BCUT2D eigenvalue weighted by Gasteiger charge is 2.16. The number of benzene rings is 3. The first-order valence-corrected chi connectivity index (χ1v) is 9.59. The molecule has 0 saturated heterocycles. The molecule has 1 unspecified atom stereocenters. The Labute approximate surface area is 176 Å². The number of ether oxygens (including phenoxy) is 2. The zero-order valence-corrected chi connectivity index (χ0v) is 16.9. The number of nitrogens with one attached hydrogen (secondary N) is 1. The molecular weight excluding hydrogens is 378 g/mol. The Morgan fingerprint density at radius 3 is 2.17 bits per heavy atom. The van der Waals surface area contributed by atoms with Crippen LogP contribution in [0.25, 0.3) is 6.08 Å². The van der Waals surface area contributed by atoms with Gasteiger partial charge in [-0.15, -0.1) is 0 Å². The summed E-state index contributed by atoms with van der Waals surface area (Å²) < 4.78 is 10.9. The third-order valence-corrected chi connectivity index (χ3v) is 4.25. The fraction of sp³-hybridized carbons (Fsp3) is 0.120. The lowest BCUT2D eigenvalue weighted by atomic mass is 10.1. The smallest absolute Gasteiger partial charge is 0.331 e. The Hall–Kier alpha value is -3.86. The van der Waals surface area contributed by atoms with Gasteiger partial charge in [0.15, 0.2) is 6.10 Å². The maximum absolute atomic E-state index is 12.3. The van der Waals surface area contributed by atoms with Crippen molar-refractivity contribution in [2.45, 2.75) is 20.0 Å². The van der Waals surface area contributed by atoms with Crippen LogP contribution in [0.15, 0.2) is 84.9 Å². The van der Waals surface area contributed by atoms with Crippen LogP contribution in [0.2, 0.25) is 0 Å². The van der Waals surface area contributed by atoms with E-state index in [1.165, 1.54) is 13.0 Å². The second-order valence-electron chi connectivity index (χ2n) is 6.75. The molecule has 0 aromatic heterocycles. The second kappa shape index (κ2) is 10.1. The topological polar surface area (TPSA) is 64.6 Å². The fourth-order valence-corrected chi connectivity index (χ4v) is 2.58. The molecule has 30 heavy (non-hydrogen) atoms. The minimum atomic E-state index is -0.930. The Morgan fingerprint density at radius 1 is 0.867 bits per heavy atom. The van der Waals surface area contributed by atoms with Gasteiger partial charge in [-0.1, -0.05) is 48.0 Å². The highest BCUT2D eigenvalue weighted by atomic mass is 16.5. The number of carbonyl (C=O) groups is 2. The minimum absolute atomic E-state index is 0.413. The molecule has 3 aromatic carbocycles. The van der Waals surface area contributed by atoms with Gasteiger partial charge in [0.25, 0.3) is 5.91 Å². The predicted octanol–water partition coefficient (Wildman–Crippen LogP) is 5.37. The van der Waals surface area contributed by atoms with E-state index in [1.54, 1.807) is 30.3 Å². The van der Waals surface area contributed by atoms with Crippen LogP contribution in [-0.2, 0) is 14.3 Å². The number of amides is 1. The lowest BCUT2D eigenvalue weighted by molar-refractivity contribution is -0.148. The maximum atomic E-state index is 12.3. The number of esters is 1. The minimum Gasteiger partial charge on any atom is -0.457 e. The van der Waals surface area contributed by atoms with Crippen LogP contribution >= 0.6 is 0 Å². The van der Waals surface area contributed by atoms with Gasteiger partial charge in [-0.2, -0.15) is 0 Å². The van der Waals surface area contributed by atoms with Crippen LogP contribution in [0.3, 0.4) is 0 Å². The van der Waals surface area contributed by atoms with Gasteiger partial charge < -0.3 is 14.8 Å². The van der Waals surface area contributed by atoms with Gasteiger partial charge in [-0.05, 0) is 61.9 Å². The van der Waals surface area contributed by atoms with Crippen molar-refractivity contribution in [3.05, 3.63) is 96.1 Å². The first-order valence-electron chi connectivity index (χ1n) is 9.59. The van der Waals surface area contributed by atoms with Gasteiger partial charge in [0.2, 0.25) is 0 Å². The Morgan fingerprint density at radius 2 is 1.50 bits per heavy atom. The van der Waals surface area contributed by atoms with E-state index in [9.17, 15) is 9.59 Å². The summed E-state index contributed by atoms with van der Waals surface area (Å²) in [6.07, 6.45) is 2.03. The Bertz CT molecular complexity index is 1010.